The number of carbonyl (C=O) groups is 2. The number of nitrogens with zero attached hydrogens (tertiary/aromatic N) is 1. The predicted octanol–water partition coefficient (Wildman–Crippen LogP) is 7.15. The van der Waals surface area contributed by atoms with Crippen molar-refractivity contribution >= 4 is 23.6 Å². The van der Waals surface area contributed by atoms with Gasteiger partial charge in [0.05, 0.1) is 16.5 Å². The van der Waals surface area contributed by atoms with Crippen LogP contribution in [0.4, 0.5) is 0 Å². The average molecular weight is 523 g/mol. The van der Waals surface area contributed by atoms with E-state index in [1.165, 1.54) is 61.1 Å². The topological polar surface area (TPSA) is 71.3 Å². The van der Waals surface area contributed by atoms with Gasteiger partial charge in [-0.15, -0.1) is 11.8 Å². The first-order valence-corrected chi connectivity index (χ1v) is 14.9. The molecule has 5 rings (SSSR count). The third-order valence-electron chi connectivity index (χ3n) is 8.86. The molecule has 37 heavy (non-hydrogen) atoms. The summed E-state index contributed by atoms with van der Waals surface area (Å²) < 4.78 is 2.27. The van der Waals surface area contributed by atoms with Crippen LogP contribution in [0.1, 0.15) is 113 Å². The quantitative estimate of drug-likeness (QED) is 0.405. The zero-order valence-electron chi connectivity index (χ0n) is 23.0. The molecule has 0 spiro atoms. The van der Waals surface area contributed by atoms with Crippen molar-refractivity contribution in [3.63, 3.8) is 0 Å². The Bertz CT molecular complexity index is 1170. The van der Waals surface area contributed by atoms with Crippen molar-refractivity contribution in [1.29, 1.82) is 0 Å². The zero-order chi connectivity index (χ0) is 26.5. The lowest BCUT2D eigenvalue weighted by Crippen LogP contribution is -2.46. The van der Waals surface area contributed by atoms with Crippen LogP contribution in [-0.2, 0) is 15.6 Å². The van der Waals surface area contributed by atoms with Gasteiger partial charge in [-0.25, -0.2) is 0 Å². The SMILES string of the molecule is Cc1c(C(=O)N[C@H]2C[C@H](C(=O)O)C2)cn(-c2cc(C(C)(C)C)cc(C3(C)CC3)c2)c1SC1CCCCC1. The molecular formula is C31H42N2O3S. The highest BCUT2D eigenvalue weighted by atomic mass is 32.2. The lowest BCUT2D eigenvalue weighted by Gasteiger charge is -2.32. The molecule has 3 aliphatic carbocycles. The van der Waals surface area contributed by atoms with Crippen molar-refractivity contribution in [2.75, 3.05) is 0 Å². The van der Waals surface area contributed by atoms with E-state index in [4.69, 9.17) is 0 Å². The Morgan fingerprint density at radius 3 is 2.35 bits per heavy atom. The number of thioether (sulfide) groups is 1. The summed E-state index contributed by atoms with van der Waals surface area (Å²) in [6.07, 6.45) is 11.8. The average Bonchev–Trinajstić information content (AvgIpc) is 3.50. The van der Waals surface area contributed by atoms with Crippen molar-refractivity contribution in [2.45, 2.75) is 120 Å². The van der Waals surface area contributed by atoms with Crippen molar-refractivity contribution < 1.29 is 14.7 Å². The highest BCUT2D eigenvalue weighted by Gasteiger charge is 2.40. The Labute approximate surface area is 225 Å². The molecule has 1 aromatic heterocycles. The fraction of sp³-hybridized carbons (Fsp3) is 0.613. The Hall–Kier alpha value is -2.21. The van der Waals surface area contributed by atoms with Crippen LogP contribution in [-0.4, -0.2) is 32.8 Å². The van der Waals surface area contributed by atoms with Crippen LogP contribution in [0, 0.1) is 12.8 Å². The van der Waals surface area contributed by atoms with Gasteiger partial charge in [0.2, 0.25) is 0 Å². The maximum Gasteiger partial charge on any atom is 0.306 e. The number of aromatic nitrogens is 1. The molecule has 0 unspecified atom stereocenters. The third-order valence-corrected chi connectivity index (χ3v) is 10.4. The number of hydrogen-bond acceptors (Lipinski definition) is 3. The number of amides is 1. The van der Waals surface area contributed by atoms with E-state index >= 15 is 0 Å². The molecule has 5 nitrogen and oxygen atoms in total. The monoisotopic (exact) mass is 522 g/mol. The minimum absolute atomic E-state index is 0.0278. The third kappa shape index (κ3) is 5.50. The van der Waals surface area contributed by atoms with Crippen molar-refractivity contribution in [3.8, 4) is 5.69 Å². The molecule has 1 heterocycles. The lowest BCUT2D eigenvalue weighted by atomic mass is 9.80. The minimum Gasteiger partial charge on any atom is -0.481 e. The number of aliphatic carboxylic acids is 1. The van der Waals surface area contributed by atoms with Crippen LogP contribution < -0.4 is 5.32 Å². The fourth-order valence-electron chi connectivity index (χ4n) is 5.70. The molecule has 1 aromatic carbocycles. The summed E-state index contributed by atoms with van der Waals surface area (Å²) in [4.78, 5) is 24.6. The molecule has 3 aliphatic rings. The molecule has 1 amide bonds. The van der Waals surface area contributed by atoms with Gasteiger partial charge in [-0.05, 0) is 85.1 Å². The van der Waals surface area contributed by atoms with Crippen molar-refractivity contribution in [3.05, 3.63) is 46.6 Å². The molecule has 0 saturated heterocycles. The Balaban J connectivity index is 1.52. The maximum atomic E-state index is 13.4. The maximum absolute atomic E-state index is 13.4. The Kier molecular flexibility index (Phi) is 7.01. The molecular weight excluding hydrogens is 480 g/mol. The molecule has 3 saturated carbocycles. The summed E-state index contributed by atoms with van der Waals surface area (Å²) in [5.41, 5.74) is 5.88. The Morgan fingerprint density at radius 1 is 1.08 bits per heavy atom. The molecule has 0 aliphatic heterocycles. The van der Waals surface area contributed by atoms with Gasteiger partial charge < -0.3 is 15.0 Å². The van der Waals surface area contributed by atoms with Crippen molar-refractivity contribution in [1.82, 2.24) is 9.88 Å². The molecule has 6 heteroatoms. The van der Waals surface area contributed by atoms with Crippen molar-refractivity contribution in [2.24, 2.45) is 5.92 Å². The summed E-state index contributed by atoms with van der Waals surface area (Å²) in [6, 6.07) is 6.99. The van der Waals surface area contributed by atoms with Crippen LogP contribution in [0.2, 0.25) is 0 Å². The summed E-state index contributed by atoms with van der Waals surface area (Å²) in [7, 11) is 0. The molecule has 0 atom stereocenters. The molecule has 2 aromatic rings. The smallest absolute Gasteiger partial charge is 0.306 e. The number of nitrogens with one attached hydrogen (secondary N) is 1. The first-order chi connectivity index (χ1) is 17.4. The van der Waals surface area contributed by atoms with Gasteiger partial charge in [-0.1, -0.05) is 53.0 Å². The summed E-state index contributed by atoms with van der Waals surface area (Å²) in [5.74, 6) is -1.19. The number of hydrogen-bond donors (Lipinski definition) is 2. The van der Waals surface area contributed by atoms with E-state index in [9.17, 15) is 14.7 Å². The van der Waals surface area contributed by atoms with E-state index in [-0.39, 0.29) is 28.7 Å². The van der Waals surface area contributed by atoms with Gasteiger partial charge in [0.1, 0.15) is 0 Å². The van der Waals surface area contributed by atoms with E-state index in [0.29, 0.717) is 23.7 Å². The summed E-state index contributed by atoms with van der Waals surface area (Å²) in [6.45, 7) is 11.2. The summed E-state index contributed by atoms with van der Waals surface area (Å²) in [5, 5.41) is 14.1. The first kappa shape index (κ1) is 26.4. The molecule has 2 N–H and O–H groups in total. The fourth-order valence-corrected chi connectivity index (χ4v) is 7.14. The molecule has 200 valence electrons. The number of rotatable bonds is 7. The summed E-state index contributed by atoms with van der Waals surface area (Å²) >= 11 is 1.94. The van der Waals surface area contributed by atoms with Gasteiger partial charge in [0.15, 0.2) is 0 Å². The van der Waals surface area contributed by atoms with Gasteiger partial charge in [-0.2, -0.15) is 0 Å². The van der Waals surface area contributed by atoms with Crippen LogP contribution in [0.25, 0.3) is 5.69 Å². The van der Waals surface area contributed by atoms with Gasteiger partial charge in [0, 0.05) is 23.2 Å². The lowest BCUT2D eigenvalue weighted by molar-refractivity contribution is -0.145. The number of benzene rings is 1. The minimum atomic E-state index is -0.766. The molecule has 3 fully saturated rings. The van der Waals surface area contributed by atoms with Crippen LogP contribution in [0.15, 0.2) is 29.4 Å². The second-order valence-electron chi connectivity index (χ2n) is 13.0. The molecule has 0 radical (unpaired) electrons. The van der Waals surface area contributed by atoms with Gasteiger partial charge in [0.25, 0.3) is 5.91 Å². The number of carbonyl (C=O) groups excluding carboxylic acids is 1. The van der Waals surface area contributed by atoms with Crippen LogP contribution in [0.3, 0.4) is 0 Å². The molecule has 0 bridgehead atoms. The second-order valence-corrected chi connectivity index (χ2v) is 14.3. The standard InChI is InChI=1S/C31H42N2O3S/c1-19-26(27(34)32-23-13-20(14-23)29(35)36)18-33(28(19)37-25-9-7-6-8-10-25)24-16-21(30(2,3)4)15-22(17-24)31(5)11-12-31/h15-18,20,23,25H,6-14H2,1-5H3,(H,32,34)(H,35,36)/t20-,23-. The largest absolute Gasteiger partial charge is 0.481 e. The highest BCUT2D eigenvalue weighted by Crippen LogP contribution is 2.49. The van der Waals surface area contributed by atoms with E-state index in [2.05, 4.69) is 62.7 Å². The first-order valence-electron chi connectivity index (χ1n) is 14.0. The van der Waals surface area contributed by atoms with Gasteiger partial charge >= 0.3 is 5.97 Å². The normalized spacial score (nSPS) is 23.4. The van der Waals surface area contributed by atoms with Crippen LogP contribution >= 0.6 is 11.8 Å². The van der Waals surface area contributed by atoms with Crippen LogP contribution in [0.5, 0.6) is 0 Å². The zero-order valence-corrected chi connectivity index (χ0v) is 23.8. The van der Waals surface area contributed by atoms with E-state index in [1.807, 2.05) is 18.0 Å². The highest BCUT2D eigenvalue weighted by molar-refractivity contribution is 7.99. The van der Waals surface area contributed by atoms with E-state index < -0.39 is 5.97 Å². The second kappa shape index (κ2) is 9.83. The number of carboxylic acids is 1. The van der Waals surface area contributed by atoms with E-state index in [0.717, 1.165) is 11.3 Å². The van der Waals surface area contributed by atoms with Gasteiger partial charge in [-0.3, -0.25) is 9.59 Å². The predicted molar refractivity (Wildman–Crippen MR) is 150 cm³/mol. The number of carboxylic acid groups (broad SMARTS) is 1. The van der Waals surface area contributed by atoms with E-state index in [1.54, 1.807) is 0 Å². The Morgan fingerprint density at radius 2 is 1.76 bits per heavy atom.